The van der Waals surface area contributed by atoms with Crippen LogP contribution in [0.5, 0.6) is 0 Å². The summed E-state index contributed by atoms with van der Waals surface area (Å²) in [6.45, 7) is 7.42. The Morgan fingerprint density at radius 3 is 2.41 bits per heavy atom. The Bertz CT molecular complexity index is 957. The molecule has 15 atom stereocenters. The summed E-state index contributed by atoms with van der Waals surface area (Å²) in [5.74, 6) is -3.74. The molecule has 4 bridgehead atoms. The van der Waals surface area contributed by atoms with Crippen molar-refractivity contribution in [2.45, 2.75) is 100 Å². The second kappa shape index (κ2) is 8.17. The van der Waals surface area contributed by atoms with E-state index in [1.165, 1.54) is 0 Å². The highest BCUT2D eigenvalue weighted by Gasteiger charge is 2.85. The van der Waals surface area contributed by atoms with Gasteiger partial charge in [0.15, 0.2) is 6.29 Å². The lowest BCUT2D eigenvalue weighted by atomic mass is 9.35. The molecule has 210 valence electrons. The molecule has 0 aromatic rings. The van der Waals surface area contributed by atoms with Crippen LogP contribution in [-0.2, 0) is 14.2 Å². The van der Waals surface area contributed by atoms with Crippen LogP contribution in [0.25, 0.3) is 0 Å². The fourth-order valence-electron chi connectivity index (χ4n) is 9.58. The minimum absolute atomic E-state index is 0.0549. The van der Waals surface area contributed by atoms with Gasteiger partial charge in [-0.05, 0) is 42.6 Å². The van der Waals surface area contributed by atoms with Crippen LogP contribution in [0.4, 0.5) is 0 Å². The molecule has 3 heterocycles. The molecule has 7 fully saturated rings. The number of fused-ring (bicyclic) bond motifs is 2. The summed E-state index contributed by atoms with van der Waals surface area (Å²) in [6, 6.07) is 0. The molecule has 4 aliphatic carbocycles. The second-order valence-electron chi connectivity index (χ2n) is 13.1. The Morgan fingerprint density at radius 2 is 1.73 bits per heavy atom. The molecule has 0 aromatic carbocycles. The van der Waals surface area contributed by atoms with E-state index >= 15 is 0 Å². The number of ether oxygens (including phenoxy) is 3. The number of aliphatic hydroxyl groups excluding tert-OH is 7. The predicted molar refractivity (Wildman–Crippen MR) is 124 cm³/mol. The van der Waals surface area contributed by atoms with Gasteiger partial charge in [0.25, 0.3) is 0 Å². The monoisotopic (exact) mass is 528 g/mol. The summed E-state index contributed by atoms with van der Waals surface area (Å²) >= 11 is 0. The molecule has 3 saturated heterocycles. The van der Waals surface area contributed by atoms with Crippen molar-refractivity contribution in [3.05, 3.63) is 12.2 Å². The predicted octanol–water partition coefficient (Wildman–Crippen LogP) is -2.01. The van der Waals surface area contributed by atoms with Crippen molar-refractivity contribution in [2.75, 3.05) is 13.2 Å². The molecule has 11 nitrogen and oxygen atoms in total. The molecule has 11 heteroatoms. The molecule has 0 aromatic heterocycles. The summed E-state index contributed by atoms with van der Waals surface area (Å²) < 4.78 is 18.1. The summed E-state index contributed by atoms with van der Waals surface area (Å²) in [7, 11) is 0. The smallest absolute Gasteiger partial charge is 0.201 e. The Hall–Kier alpha value is -0.700. The van der Waals surface area contributed by atoms with Crippen LogP contribution in [0.2, 0.25) is 0 Å². The molecule has 8 N–H and O–H groups in total. The number of aliphatic hydroxyl groups is 8. The number of rotatable bonds is 3. The van der Waals surface area contributed by atoms with Crippen LogP contribution in [0.3, 0.4) is 0 Å². The molecular weight excluding hydrogens is 488 g/mol. The number of hydrogen-bond acceptors (Lipinski definition) is 11. The maximum Gasteiger partial charge on any atom is 0.201 e. The largest absolute Gasteiger partial charge is 0.394 e. The molecule has 4 saturated carbocycles. The molecule has 7 rings (SSSR count). The van der Waals surface area contributed by atoms with E-state index in [2.05, 4.69) is 6.58 Å². The van der Waals surface area contributed by atoms with Crippen molar-refractivity contribution >= 4 is 0 Å². The zero-order valence-electron chi connectivity index (χ0n) is 21.2. The van der Waals surface area contributed by atoms with Crippen LogP contribution in [-0.4, -0.2) is 115 Å². The molecule has 0 radical (unpaired) electrons. The van der Waals surface area contributed by atoms with Crippen molar-refractivity contribution in [1.29, 1.82) is 0 Å². The van der Waals surface area contributed by atoms with E-state index in [-0.39, 0.29) is 18.9 Å². The molecule has 0 amide bonds. The molecule has 2 spiro atoms. The first-order chi connectivity index (χ1) is 17.3. The van der Waals surface area contributed by atoms with Gasteiger partial charge in [0.05, 0.1) is 36.9 Å². The van der Waals surface area contributed by atoms with E-state index < -0.39 is 95.6 Å². The van der Waals surface area contributed by atoms with Gasteiger partial charge in [-0.15, -0.1) is 0 Å². The van der Waals surface area contributed by atoms with Crippen molar-refractivity contribution in [3.63, 3.8) is 0 Å². The van der Waals surface area contributed by atoms with E-state index in [4.69, 9.17) is 14.2 Å². The SMILES string of the molecule is C=C1[C@@H]2C[C@H](O[C@H]3O[C@@H](CO)[C@H](O)[C@@H](O)[C@@H]3O)[C@H]3[C@@]45CO[C@](O)([C@@H](O)[C@@H]4C(C)(C)CC[C@@H]5O)[C@]3(C2)[C@@H]1O. The molecular formula is C26H40O11. The first-order valence-electron chi connectivity index (χ1n) is 13.3. The summed E-state index contributed by atoms with van der Waals surface area (Å²) in [6.07, 6.45) is -10.1. The van der Waals surface area contributed by atoms with Gasteiger partial charge in [-0.1, -0.05) is 20.4 Å². The topological polar surface area (TPSA) is 190 Å². The first kappa shape index (κ1) is 26.5. The lowest BCUT2D eigenvalue weighted by Crippen LogP contribution is -2.85. The fourth-order valence-corrected chi connectivity index (χ4v) is 9.58. The van der Waals surface area contributed by atoms with Crippen molar-refractivity contribution in [1.82, 2.24) is 0 Å². The third kappa shape index (κ3) is 3.00. The Morgan fingerprint density at radius 1 is 1.03 bits per heavy atom. The third-order valence-electron chi connectivity index (χ3n) is 11.2. The quantitative estimate of drug-likeness (QED) is 0.189. The van der Waals surface area contributed by atoms with Crippen LogP contribution in [0.1, 0.15) is 39.5 Å². The van der Waals surface area contributed by atoms with Crippen LogP contribution < -0.4 is 0 Å². The van der Waals surface area contributed by atoms with Crippen LogP contribution in [0.15, 0.2) is 12.2 Å². The van der Waals surface area contributed by atoms with Crippen LogP contribution in [0, 0.1) is 34.0 Å². The highest BCUT2D eigenvalue weighted by Crippen LogP contribution is 2.77. The Balaban J connectivity index is 1.48. The van der Waals surface area contributed by atoms with Crippen molar-refractivity contribution in [3.8, 4) is 0 Å². The third-order valence-corrected chi connectivity index (χ3v) is 11.2. The van der Waals surface area contributed by atoms with Gasteiger partial charge in [-0.2, -0.15) is 0 Å². The summed E-state index contributed by atoms with van der Waals surface area (Å²) in [4.78, 5) is 0. The summed E-state index contributed by atoms with van der Waals surface area (Å²) in [5.41, 5.74) is -2.53. The fraction of sp³-hybridized carbons (Fsp3) is 0.923. The first-order valence-corrected chi connectivity index (χ1v) is 13.3. The zero-order valence-corrected chi connectivity index (χ0v) is 21.2. The zero-order chi connectivity index (χ0) is 26.9. The lowest BCUT2D eigenvalue weighted by Gasteiger charge is -2.76. The highest BCUT2D eigenvalue weighted by molar-refractivity contribution is 5.36. The minimum atomic E-state index is -2.13. The molecule has 0 unspecified atom stereocenters. The van der Waals surface area contributed by atoms with Gasteiger partial charge in [0.1, 0.15) is 30.5 Å². The summed E-state index contributed by atoms with van der Waals surface area (Å²) in [5, 5.41) is 88.0. The normalized spacial score (nSPS) is 60.2. The second-order valence-corrected chi connectivity index (χ2v) is 13.1. The molecule has 37 heavy (non-hydrogen) atoms. The van der Waals surface area contributed by atoms with Gasteiger partial charge in [-0.3, -0.25) is 0 Å². The minimum Gasteiger partial charge on any atom is -0.394 e. The van der Waals surface area contributed by atoms with Gasteiger partial charge in [-0.25, -0.2) is 0 Å². The molecule has 3 aliphatic heterocycles. The lowest BCUT2D eigenvalue weighted by molar-refractivity contribution is -0.478. The Labute approximate surface area is 215 Å². The van der Waals surface area contributed by atoms with Crippen LogP contribution >= 0.6 is 0 Å². The van der Waals surface area contributed by atoms with E-state index in [0.29, 0.717) is 24.8 Å². The average Bonchev–Trinajstić information content (AvgIpc) is 3.05. The maximum absolute atomic E-state index is 12.1. The molecule has 7 aliphatic rings. The maximum atomic E-state index is 12.1. The van der Waals surface area contributed by atoms with Crippen molar-refractivity contribution in [2.24, 2.45) is 34.0 Å². The van der Waals surface area contributed by atoms with E-state index in [1.807, 2.05) is 13.8 Å². The van der Waals surface area contributed by atoms with Gasteiger partial charge >= 0.3 is 0 Å². The standard InChI is InChI=1S/C26H40O11/c1-10-11-6-12(36-22-17(31)16(30)15(29)13(8-27)37-22)18-24-9-35-26(34,25(18,7-11)20(10)32)21(33)19(24)23(2,3)5-4-14(24)28/h11-22,27-34H,1,4-9H2,2-3H3/t11-,12+,13+,14+,15+,16-,17+,18+,19-,20-,21+,22+,24+,25+,26-/m1/s1. The van der Waals surface area contributed by atoms with Gasteiger partial charge in [0, 0.05) is 17.3 Å². The van der Waals surface area contributed by atoms with E-state index in [1.54, 1.807) is 0 Å². The van der Waals surface area contributed by atoms with E-state index in [9.17, 15) is 40.9 Å². The van der Waals surface area contributed by atoms with Gasteiger partial charge in [0.2, 0.25) is 5.79 Å². The Kier molecular flexibility index (Phi) is 5.86. The van der Waals surface area contributed by atoms with Crippen molar-refractivity contribution < 1.29 is 55.1 Å². The average molecular weight is 529 g/mol. The van der Waals surface area contributed by atoms with Gasteiger partial charge < -0.3 is 55.1 Å². The number of hydrogen-bond donors (Lipinski definition) is 8. The highest BCUT2D eigenvalue weighted by atomic mass is 16.7. The van der Waals surface area contributed by atoms with E-state index in [0.717, 1.165) is 0 Å².